The van der Waals surface area contributed by atoms with Crippen LogP contribution in [0.5, 0.6) is 11.8 Å². The maximum absolute atomic E-state index is 13.0. The van der Waals surface area contributed by atoms with E-state index in [2.05, 4.69) is 20.0 Å². The molecule has 14 nitrogen and oxygen atoms in total. The number of methoxy groups -OCH3 is 3. The maximum atomic E-state index is 13.0. The van der Waals surface area contributed by atoms with Crippen LogP contribution in [0.25, 0.3) is 0 Å². The van der Waals surface area contributed by atoms with Crippen molar-refractivity contribution < 1.29 is 37.0 Å². The quantitative estimate of drug-likeness (QED) is 0.357. The normalized spacial score (nSPS) is 10.7. The fourth-order valence-electron chi connectivity index (χ4n) is 2.51. The molecule has 0 aliphatic rings. The van der Waals surface area contributed by atoms with E-state index in [9.17, 15) is 22.8 Å². The Morgan fingerprint density at radius 3 is 2.06 bits per heavy atom. The minimum atomic E-state index is -4.72. The number of hydrogen-bond acceptors (Lipinski definition) is 11. The van der Waals surface area contributed by atoms with Crippen molar-refractivity contribution in [3.05, 3.63) is 29.3 Å². The molecule has 2 rings (SSSR count). The number of nitrogens with two attached hydrogens (primary N) is 1. The van der Waals surface area contributed by atoms with E-state index in [4.69, 9.17) is 15.2 Å². The molecule has 0 atom stereocenters. The van der Waals surface area contributed by atoms with Gasteiger partial charge in [0.2, 0.25) is 17.7 Å². The first-order valence-corrected chi connectivity index (χ1v) is 10.5. The van der Waals surface area contributed by atoms with Crippen LogP contribution in [0.3, 0.4) is 0 Å². The summed E-state index contributed by atoms with van der Waals surface area (Å²) in [6.07, 6.45) is 0. The average Bonchev–Trinajstić information content (AvgIpc) is 2.76. The second kappa shape index (κ2) is 9.99. The van der Waals surface area contributed by atoms with Crippen molar-refractivity contribution in [3.63, 3.8) is 0 Å². The molecule has 3 amide bonds. The Labute approximate surface area is 189 Å². The fourth-order valence-corrected chi connectivity index (χ4v) is 3.67. The van der Waals surface area contributed by atoms with E-state index in [0.29, 0.717) is 0 Å². The van der Waals surface area contributed by atoms with E-state index in [1.54, 1.807) is 4.72 Å². The zero-order chi connectivity index (χ0) is 24.9. The van der Waals surface area contributed by atoms with Crippen LogP contribution in [0.2, 0.25) is 0 Å². The highest BCUT2D eigenvalue weighted by atomic mass is 32.2. The van der Waals surface area contributed by atoms with Crippen molar-refractivity contribution in [2.45, 2.75) is 4.90 Å². The van der Waals surface area contributed by atoms with Gasteiger partial charge in [-0.3, -0.25) is 10.1 Å². The largest absolute Gasteiger partial charge is 0.481 e. The van der Waals surface area contributed by atoms with E-state index in [-0.39, 0.29) is 29.0 Å². The number of esters is 1. The molecule has 15 heteroatoms. The van der Waals surface area contributed by atoms with Crippen LogP contribution >= 0.6 is 0 Å². The molecule has 1 heterocycles. The highest BCUT2D eigenvalue weighted by molar-refractivity contribution is 7.90. The van der Waals surface area contributed by atoms with Gasteiger partial charge in [-0.1, -0.05) is 0 Å². The minimum absolute atomic E-state index is 0.0393. The van der Waals surface area contributed by atoms with Gasteiger partial charge < -0.3 is 24.8 Å². The molecule has 2 aromatic rings. The number of nitrogens with zero attached hydrogens (tertiary/aromatic N) is 3. The van der Waals surface area contributed by atoms with Crippen LogP contribution in [0, 0.1) is 0 Å². The first-order chi connectivity index (χ1) is 15.4. The lowest BCUT2D eigenvalue weighted by molar-refractivity contribution is 0.0599. The SMILES string of the molecule is COC(=O)c1cc(N)c(C(=O)N(C)C)c(S(=O)(=O)NC(=O)Nc2nc(OC)cc(OC)n2)c1. The van der Waals surface area contributed by atoms with Gasteiger partial charge in [-0.15, -0.1) is 0 Å². The number of carbonyl (C=O) groups excluding carboxylic acids is 3. The Morgan fingerprint density at radius 1 is 1.00 bits per heavy atom. The van der Waals surface area contributed by atoms with Crippen LogP contribution < -0.4 is 25.2 Å². The van der Waals surface area contributed by atoms with E-state index >= 15 is 0 Å². The van der Waals surface area contributed by atoms with E-state index in [1.165, 1.54) is 34.4 Å². The van der Waals surface area contributed by atoms with Gasteiger partial charge in [0.15, 0.2) is 0 Å². The van der Waals surface area contributed by atoms with Crippen molar-refractivity contribution in [1.29, 1.82) is 0 Å². The average molecular weight is 482 g/mol. The number of nitrogen functional groups attached to an aromatic ring is 1. The van der Waals surface area contributed by atoms with E-state index < -0.39 is 38.4 Å². The topological polar surface area (TPSA) is 192 Å². The smallest absolute Gasteiger partial charge is 0.337 e. The predicted octanol–water partition coefficient (Wildman–Crippen LogP) is 0.0748. The molecule has 0 aliphatic carbocycles. The summed E-state index contributed by atoms with van der Waals surface area (Å²) in [5, 5.41) is 2.12. The van der Waals surface area contributed by atoms with Crippen molar-refractivity contribution >= 4 is 39.6 Å². The number of urea groups is 1. The third kappa shape index (κ3) is 5.76. The van der Waals surface area contributed by atoms with Gasteiger partial charge in [0.05, 0.1) is 38.5 Å². The van der Waals surface area contributed by atoms with E-state index in [1.807, 2.05) is 0 Å². The van der Waals surface area contributed by atoms with Gasteiger partial charge in [0.1, 0.15) is 4.90 Å². The van der Waals surface area contributed by atoms with Crippen molar-refractivity contribution in [3.8, 4) is 11.8 Å². The molecule has 178 valence electrons. The monoisotopic (exact) mass is 482 g/mol. The Kier molecular flexibility index (Phi) is 7.60. The molecule has 0 bridgehead atoms. The standard InChI is InChI=1S/C18H22N6O8S/c1-24(2)15(25)14-10(19)6-9(16(26)32-5)7-11(14)33(28,29)23-18(27)22-17-20-12(30-3)8-13(21-17)31-4/h6-8H,19H2,1-5H3,(H2,20,21,22,23,27). The fraction of sp³-hybridized carbons (Fsp3) is 0.278. The summed E-state index contributed by atoms with van der Waals surface area (Å²) in [5.41, 5.74) is 4.88. The summed E-state index contributed by atoms with van der Waals surface area (Å²) in [6, 6.07) is 2.04. The van der Waals surface area contributed by atoms with Crippen molar-refractivity contribution in [1.82, 2.24) is 19.6 Å². The van der Waals surface area contributed by atoms with Crippen molar-refractivity contribution in [2.24, 2.45) is 0 Å². The van der Waals surface area contributed by atoms with Gasteiger partial charge in [-0.25, -0.2) is 22.7 Å². The van der Waals surface area contributed by atoms with Crippen LogP contribution in [-0.4, -0.2) is 76.6 Å². The summed E-state index contributed by atoms with van der Waals surface area (Å²) >= 11 is 0. The predicted molar refractivity (Wildman–Crippen MR) is 115 cm³/mol. The highest BCUT2D eigenvalue weighted by Gasteiger charge is 2.30. The summed E-state index contributed by atoms with van der Waals surface area (Å²) in [5.74, 6) is -1.92. The lowest BCUT2D eigenvalue weighted by atomic mass is 10.1. The number of benzene rings is 1. The third-order valence-corrected chi connectivity index (χ3v) is 5.37. The molecule has 0 saturated carbocycles. The van der Waals surface area contributed by atoms with Gasteiger partial charge in [-0.2, -0.15) is 9.97 Å². The maximum Gasteiger partial charge on any atom is 0.337 e. The summed E-state index contributed by atoms with van der Waals surface area (Å²) in [6.45, 7) is 0. The summed E-state index contributed by atoms with van der Waals surface area (Å²) in [7, 11) is 1.75. The number of hydrogen-bond donors (Lipinski definition) is 3. The number of rotatable bonds is 7. The number of sulfonamides is 1. The van der Waals surface area contributed by atoms with Crippen molar-refractivity contribution in [2.75, 3.05) is 46.5 Å². The third-order valence-electron chi connectivity index (χ3n) is 4.01. The number of aromatic nitrogens is 2. The zero-order valence-electron chi connectivity index (χ0n) is 18.3. The second-order valence-electron chi connectivity index (χ2n) is 6.47. The molecule has 0 fully saturated rings. The van der Waals surface area contributed by atoms with Crippen LogP contribution in [0.1, 0.15) is 20.7 Å². The molecule has 0 radical (unpaired) electrons. The van der Waals surface area contributed by atoms with Crippen LogP contribution in [-0.2, 0) is 14.8 Å². The Morgan fingerprint density at radius 2 is 1.58 bits per heavy atom. The number of carbonyl (C=O) groups is 3. The number of amides is 3. The first kappa shape index (κ1) is 25.1. The molecule has 4 N–H and O–H groups in total. The van der Waals surface area contributed by atoms with Gasteiger partial charge in [0.25, 0.3) is 15.9 Å². The lowest BCUT2D eigenvalue weighted by Crippen LogP contribution is -2.36. The molecule has 0 saturated heterocycles. The highest BCUT2D eigenvalue weighted by Crippen LogP contribution is 2.26. The molecule has 1 aromatic carbocycles. The Balaban J connectivity index is 2.48. The van der Waals surface area contributed by atoms with Gasteiger partial charge in [-0.05, 0) is 12.1 Å². The van der Waals surface area contributed by atoms with Gasteiger partial charge in [0, 0.05) is 19.8 Å². The Bertz CT molecular complexity index is 1180. The molecule has 1 aromatic heterocycles. The molecule has 0 unspecified atom stereocenters. The number of ether oxygens (including phenoxy) is 3. The van der Waals surface area contributed by atoms with E-state index in [0.717, 1.165) is 24.1 Å². The lowest BCUT2D eigenvalue weighted by Gasteiger charge is -2.18. The van der Waals surface area contributed by atoms with Gasteiger partial charge >= 0.3 is 12.0 Å². The summed E-state index contributed by atoms with van der Waals surface area (Å²) in [4.78, 5) is 45.0. The second-order valence-corrected chi connectivity index (χ2v) is 8.12. The van der Waals surface area contributed by atoms with Crippen LogP contribution in [0.4, 0.5) is 16.4 Å². The molecular formula is C18H22N6O8S. The minimum Gasteiger partial charge on any atom is -0.481 e. The Hall–Kier alpha value is -4.14. The van der Waals surface area contributed by atoms with Crippen LogP contribution in [0.15, 0.2) is 23.1 Å². The zero-order valence-corrected chi connectivity index (χ0v) is 19.1. The first-order valence-electron chi connectivity index (χ1n) is 8.97. The molecular weight excluding hydrogens is 460 g/mol. The molecule has 33 heavy (non-hydrogen) atoms. The summed E-state index contributed by atoms with van der Waals surface area (Å²) < 4.78 is 42.2. The number of nitrogens with one attached hydrogen (secondary N) is 2. The molecule has 0 aliphatic heterocycles. The number of anilines is 2. The molecule has 0 spiro atoms.